The van der Waals surface area contributed by atoms with E-state index >= 15 is 0 Å². The summed E-state index contributed by atoms with van der Waals surface area (Å²) >= 11 is 0. The van der Waals surface area contributed by atoms with Crippen molar-refractivity contribution in [1.29, 1.82) is 0 Å². The molecule has 0 aromatic heterocycles. The van der Waals surface area contributed by atoms with Gasteiger partial charge in [0.1, 0.15) is 6.29 Å². The van der Waals surface area contributed by atoms with E-state index in [0.29, 0.717) is 0 Å². The van der Waals surface area contributed by atoms with Gasteiger partial charge in [-0.15, -0.1) is 0 Å². The van der Waals surface area contributed by atoms with Crippen molar-refractivity contribution in [1.82, 2.24) is 0 Å². The van der Waals surface area contributed by atoms with Crippen LogP contribution in [0.3, 0.4) is 0 Å². The quantitative estimate of drug-likeness (QED) is 0.483. The summed E-state index contributed by atoms with van der Waals surface area (Å²) in [4.78, 5) is 11.3. The predicted molar refractivity (Wildman–Crippen MR) is 58.2 cm³/mol. The van der Waals surface area contributed by atoms with Crippen molar-refractivity contribution in [2.45, 2.75) is 64.2 Å². The Morgan fingerprint density at radius 2 is 1.43 bits per heavy atom. The molecule has 14 heavy (non-hydrogen) atoms. The normalized spacial score (nSPS) is 28.6. The van der Waals surface area contributed by atoms with E-state index in [2.05, 4.69) is 0 Å². The van der Waals surface area contributed by atoms with Crippen LogP contribution in [0, 0.1) is 11.3 Å². The molecule has 0 atom stereocenters. The highest BCUT2D eigenvalue weighted by atomic mass is 16.1. The number of carbonyl (C=O) groups is 1. The lowest BCUT2D eigenvalue weighted by Gasteiger charge is -2.31. The molecular weight excluding hydrogens is 172 g/mol. The molecule has 1 nitrogen and oxygen atoms in total. The van der Waals surface area contributed by atoms with Gasteiger partial charge in [0.25, 0.3) is 0 Å². The van der Waals surface area contributed by atoms with E-state index in [1.807, 2.05) is 0 Å². The smallest absolute Gasteiger partial charge is 0.126 e. The Balaban J connectivity index is 2.05. The lowest BCUT2D eigenvalue weighted by molar-refractivity contribution is -0.119. The summed E-state index contributed by atoms with van der Waals surface area (Å²) in [5, 5.41) is 0. The van der Waals surface area contributed by atoms with Crippen LogP contribution in [-0.4, -0.2) is 6.29 Å². The van der Waals surface area contributed by atoms with Crippen molar-refractivity contribution in [3.05, 3.63) is 0 Å². The van der Waals surface area contributed by atoms with Crippen molar-refractivity contribution in [3.63, 3.8) is 0 Å². The SMILES string of the molecule is O=CC1(C2CCCCCC2)CCCC1. The molecule has 0 bridgehead atoms. The van der Waals surface area contributed by atoms with Gasteiger partial charge in [0.15, 0.2) is 0 Å². The Hall–Kier alpha value is -0.330. The molecular formula is C13H22O. The molecule has 0 aliphatic heterocycles. The Labute approximate surface area is 87.3 Å². The maximum Gasteiger partial charge on any atom is 0.126 e. The summed E-state index contributed by atoms with van der Waals surface area (Å²) in [5.74, 6) is 0.727. The highest BCUT2D eigenvalue weighted by molar-refractivity contribution is 5.60. The van der Waals surface area contributed by atoms with Crippen LogP contribution < -0.4 is 0 Å². The summed E-state index contributed by atoms with van der Waals surface area (Å²) in [6.07, 6.45) is 14.4. The number of aldehydes is 1. The van der Waals surface area contributed by atoms with Crippen LogP contribution in [-0.2, 0) is 4.79 Å². The zero-order valence-corrected chi connectivity index (χ0v) is 9.13. The molecule has 0 aromatic rings. The van der Waals surface area contributed by atoms with Crippen molar-refractivity contribution in [2.24, 2.45) is 11.3 Å². The molecule has 0 amide bonds. The molecule has 0 radical (unpaired) electrons. The molecule has 2 aliphatic rings. The van der Waals surface area contributed by atoms with E-state index in [1.54, 1.807) is 0 Å². The molecule has 0 N–H and O–H groups in total. The Bertz CT molecular complexity index is 183. The lowest BCUT2D eigenvalue weighted by Crippen LogP contribution is -2.29. The van der Waals surface area contributed by atoms with Crippen LogP contribution in [0.4, 0.5) is 0 Å². The molecule has 0 saturated heterocycles. The van der Waals surface area contributed by atoms with Gasteiger partial charge in [0.2, 0.25) is 0 Å². The van der Waals surface area contributed by atoms with Gasteiger partial charge in [-0.1, -0.05) is 38.5 Å². The molecule has 0 aromatic carbocycles. The first-order chi connectivity index (χ1) is 6.87. The van der Waals surface area contributed by atoms with Gasteiger partial charge < -0.3 is 4.79 Å². The minimum absolute atomic E-state index is 0.115. The zero-order valence-electron chi connectivity index (χ0n) is 9.13. The maximum absolute atomic E-state index is 11.3. The third kappa shape index (κ3) is 1.87. The highest BCUT2D eigenvalue weighted by Gasteiger charge is 2.40. The third-order valence-electron chi connectivity index (χ3n) is 4.44. The van der Waals surface area contributed by atoms with Gasteiger partial charge in [-0.3, -0.25) is 0 Å². The average molecular weight is 194 g/mol. The Kier molecular flexibility index (Phi) is 3.25. The second-order valence-corrected chi connectivity index (χ2v) is 5.25. The van der Waals surface area contributed by atoms with Gasteiger partial charge in [-0.05, 0) is 31.6 Å². The molecule has 0 spiro atoms. The van der Waals surface area contributed by atoms with Gasteiger partial charge in [0.05, 0.1) is 0 Å². The molecule has 80 valence electrons. The predicted octanol–water partition coefficient (Wildman–Crippen LogP) is 3.72. The topological polar surface area (TPSA) is 17.1 Å². The number of hydrogen-bond acceptors (Lipinski definition) is 1. The second kappa shape index (κ2) is 4.46. The van der Waals surface area contributed by atoms with Crippen LogP contribution in [0.2, 0.25) is 0 Å². The lowest BCUT2D eigenvalue weighted by atomic mass is 9.71. The number of rotatable bonds is 2. The summed E-state index contributed by atoms with van der Waals surface area (Å²) < 4.78 is 0. The first kappa shape index (κ1) is 10.2. The van der Waals surface area contributed by atoms with E-state index in [-0.39, 0.29) is 5.41 Å². The highest BCUT2D eigenvalue weighted by Crippen LogP contribution is 2.47. The molecule has 2 fully saturated rings. The van der Waals surface area contributed by atoms with Crippen LogP contribution >= 0.6 is 0 Å². The van der Waals surface area contributed by atoms with Crippen LogP contribution in [0.15, 0.2) is 0 Å². The minimum Gasteiger partial charge on any atom is -0.303 e. The van der Waals surface area contributed by atoms with E-state index in [1.165, 1.54) is 70.5 Å². The fourth-order valence-electron chi connectivity index (χ4n) is 3.51. The standard InChI is InChI=1S/C13H22O/c14-11-13(9-5-6-10-13)12-7-3-1-2-4-8-12/h11-12H,1-10H2. The zero-order chi connectivity index (χ0) is 9.86. The first-order valence-electron chi connectivity index (χ1n) is 6.34. The molecule has 2 aliphatic carbocycles. The largest absolute Gasteiger partial charge is 0.303 e. The van der Waals surface area contributed by atoms with E-state index < -0.39 is 0 Å². The van der Waals surface area contributed by atoms with Gasteiger partial charge in [0, 0.05) is 5.41 Å². The first-order valence-corrected chi connectivity index (χ1v) is 6.34. The summed E-state index contributed by atoms with van der Waals surface area (Å²) in [6.45, 7) is 0. The summed E-state index contributed by atoms with van der Waals surface area (Å²) in [6, 6.07) is 0. The van der Waals surface area contributed by atoms with Crippen molar-refractivity contribution >= 4 is 6.29 Å². The Morgan fingerprint density at radius 3 is 1.93 bits per heavy atom. The monoisotopic (exact) mass is 194 g/mol. The van der Waals surface area contributed by atoms with Crippen LogP contribution in [0.1, 0.15) is 64.2 Å². The molecule has 0 heterocycles. The van der Waals surface area contributed by atoms with E-state index in [4.69, 9.17) is 0 Å². The van der Waals surface area contributed by atoms with Crippen molar-refractivity contribution in [2.75, 3.05) is 0 Å². The van der Waals surface area contributed by atoms with Crippen LogP contribution in [0.25, 0.3) is 0 Å². The number of hydrogen-bond donors (Lipinski definition) is 0. The van der Waals surface area contributed by atoms with Gasteiger partial charge >= 0.3 is 0 Å². The summed E-state index contributed by atoms with van der Waals surface area (Å²) in [7, 11) is 0. The van der Waals surface area contributed by atoms with Crippen LogP contribution in [0.5, 0.6) is 0 Å². The fraction of sp³-hybridized carbons (Fsp3) is 0.923. The maximum atomic E-state index is 11.3. The average Bonchev–Trinajstić information content (AvgIpc) is 2.54. The van der Waals surface area contributed by atoms with Gasteiger partial charge in [-0.2, -0.15) is 0 Å². The number of carbonyl (C=O) groups excluding carboxylic acids is 1. The Morgan fingerprint density at radius 1 is 0.857 bits per heavy atom. The molecule has 0 unspecified atom stereocenters. The molecule has 1 heteroatoms. The van der Waals surface area contributed by atoms with E-state index in [9.17, 15) is 4.79 Å². The van der Waals surface area contributed by atoms with Crippen molar-refractivity contribution in [3.8, 4) is 0 Å². The van der Waals surface area contributed by atoms with Crippen molar-refractivity contribution < 1.29 is 4.79 Å². The van der Waals surface area contributed by atoms with E-state index in [0.717, 1.165) is 5.92 Å². The molecule has 2 rings (SSSR count). The fourth-order valence-corrected chi connectivity index (χ4v) is 3.51. The molecule has 2 saturated carbocycles. The third-order valence-corrected chi connectivity index (χ3v) is 4.44. The minimum atomic E-state index is 0.115. The summed E-state index contributed by atoms with van der Waals surface area (Å²) in [5.41, 5.74) is 0.115. The van der Waals surface area contributed by atoms with Gasteiger partial charge in [-0.25, -0.2) is 0 Å². The second-order valence-electron chi connectivity index (χ2n) is 5.25.